The van der Waals surface area contributed by atoms with Crippen LogP contribution in [0.4, 0.5) is 0 Å². The van der Waals surface area contributed by atoms with Crippen molar-refractivity contribution in [3.05, 3.63) is 35.7 Å². The van der Waals surface area contributed by atoms with Gasteiger partial charge in [-0.25, -0.2) is 4.98 Å². The van der Waals surface area contributed by atoms with Gasteiger partial charge < -0.3 is 9.88 Å². The van der Waals surface area contributed by atoms with E-state index in [2.05, 4.69) is 46.9 Å². The molecule has 2 aromatic heterocycles. The van der Waals surface area contributed by atoms with Crippen LogP contribution in [-0.4, -0.2) is 31.8 Å². The lowest BCUT2D eigenvalue weighted by Gasteiger charge is -2.21. The Labute approximate surface area is 149 Å². The summed E-state index contributed by atoms with van der Waals surface area (Å²) < 4.78 is 4.05. The van der Waals surface area contributed by atoms with Gasteiger partial charge in [0.1, 0.15) is 11.9 Å². The van der Waals surface area contributed by atoms with Gasteiger partial charge in [-0.1, -0.05) is 13.8 Å². The second-order valence-electron chi connectivity index (χ2n) is 7.83. The summed E-state index contributed by atoms with van der Waals surface area (Å²) in [5, 5.41) is 7.72. The molecule has 1 fully saturated rings. The maximum absolute atomic E-state index is 12.6. The maximum atomic E-state index is 12.6. The first kappa shape index (κ1) is 17.7. The van der Waals surface area contributed by atoms with Gasteiger partial charge in [0.25, 0.3) is 0 Å². The van der Waals surface area contributed by atoms with E-state index in [1.807, 2.05) is 24.6 Å². The Morgan fingerprint density at radius 2 is 2.04 bits per heavy atom. The Morgan fingerprint density at radius 1 is 1.32 bits per heavy atom. The summed E-state index contributed by atoms with van der Waals surface area (Å²) in [6, 6.07) is 1.85. The smallest absolute Gasteiger partial charge is 0.242 e. The zero-order valence-electron chi connectivity index (χ0n) is 15.9. The van der Waals surface area contributed by atoms with Crippen LogP contribution >= 0.6 is 0 Å². The van der Waals surface area contributed by atoms with Crippen LogP contribution in [-0.2, 0) is 11.3 Å². The van der Waals surface area contributed by atoms with Crippen LogP contribution in [0.2, 0.25) is 0 Å². The van der Waals surface area contributed by atoms with Crippen LogP contribution in [0.1, 0.15) is 62.8 Å². The monoisotopic (exact) mass is 343 g/mol. The molecule has 0 unspecified atom stereocenters. The first-order chi connectivity index (χ1) is 11.8. The predicted molar refractivity (Wildman–Crippen MR) is 97.4 cm³/mol. The Morgan fingerprint density at radius 3 is 2.60 bits per heavy atom. The molecule has 6 heteroatoms. The van der Waals surface area contributed by atoms with Crippen LogP contribution in [0.15, 0.2) is 18.5 Å². The topological polar surface area (TPSA) is 64.7 Å². The predicted octanol–water partition coefficient (Wildman–Crippen LogP) is 2.98. The number of rotatable bonds is 7. The van der Waals surface area contributed by atoms with E-state index in [-0.39, 0.29) is 17.4 Å². The average molecular weight is 343 g/mol. The highest BCUT2D eigenvalue weighted by atomic mass is 16.2. The number of carbonyl (C=O) groups excluding carboxylic acids is 1. The van der Waals surface area contributed by atoms with E-state index in [0.29, 0.717) is 12.5 Å². The molecule has 0 bridgehead atoms. The maximum Gasteiger partial charge on any atom is 0.242 e. The van der Waals surface area contributed by atoms with E-state index in [9.17, 15) is 4.79 Å². The lowest BCUT2D eigenvalue weighted by Crippen LogP contribution is -2.37. The molecule has 1 aliphatic carbocycles. The number of nitrogens with zero attached hydrogens (tertiary/aromatic N) is 4. The minimum absolute atomic E-state index is 0.0551. The highest BCUT2D eigenvalue weighted by Gasteiger charge is 2.43. The molecule has 25 heavy (non-hydrogen) atoms. The molecule has 3 rings (SSSR count). The molecule has 0 aromatic carbocycles. The molecular formula is C19H29N5O. The Bertz CT molecular complexity index is 754. The summed E-state index contributed by atoms with van der Waals surface area (Å²) in [6.07, 6.45) is 5.94. The third kappa shape index (κ3) is 3.78. The number of amides is 1. The lowest BCUT2D eigenvalue weighted by atomic mass is 10.1. The summed E-state index contributed by atoms with van der Waals surface area (Å²) in [5.41, 5.74) is 2.39. The van der Waals surface area contributed by atoms with Crippen LogP contribution in [0.3, 0.4) is 0 Å². The zero-order chi connectivity index (χ0) is 18.2. The fourth-order valence-corrected chi connectivity index (χ4v) is 3.37. The molecule has 0 radical (unpaired) electrons. The van der Waals surface area contributed by atoms with Crippen LogP contribution in [0, 0.1) is 19.3 Å². The van der Waals surface area contributed by atoms with Gasteiger partial charge in [-0.05, 0) is 39.7 Å². The first-order valence-corrected chi connectivity index (χ1v) is 9.13. The van der Waals surface area contributed by atoms with Gasteiger partial charge in [0.05, 0.1) is 5.69 Å². The summed E-state index contributed by atoms with van der Waals surface area (Å²) in [4.78, 5) is 17.0. The molecule has 1 atom stereocenters. The first-order valence-electron chi connectivity index (χ1n) is 9.13. The molecular weight excluding hydrogens is 314 g/mol. The molecule has 6 nitrogen and oxygen atoms in total. The fourth-order valence-electron chi connectivity index (χ4n) is 3.37. The minimum atomic E-state index is -0.246. The second kappa shape index (κ2) is 6.65. The van der Waals surface area contributed by atoms with Gasteiger partial charge in [0.2, 0.25) is 5.91 Å². The van der Waals surface area contributed by atoms with E-state index in [1.165, 1.54) is 5.69 Å². The van der Waals surface area contributed by atoms with Gasteiger partial charge in [-0.3, -0.25) is 9.48 Å². The molecule has 1 N–H and O–H groups in total. The fraction of sp³-hybridized carbons (Fsp3) is 0.632. The molecule has 0 saturated heterocycles. The molecule has 2 aromatic rings. The summed E-state index contributed by atoms with van der Waals surface area (Å²) in [7, 11) is 0. The zero-order valence-corrected chi connectivity index (χ0v) is 15.9. The van der Waals surface area contributed by atoms with Gasteiger partial charge in [0, 0.05) is 42.5 Å². The van der Waals surface area contributed by atoms with Crippen molar-refractivity contribution in [3.63, 3.8) is 0 Å². The van der Waals surface area contributed by atoms with Crippen LogP contribution < -0.4 is 5.32 Å². The number of nitrogens with one attached hydrogen (secondary N) is 1. The third-order valence-corrected chi connectivity index (χ3v) is 5.19. The van der Waals surface area contributed by atoms with Crippen LogP contribution in [0.25, 0.3) is 0 Å². The Balaban J connectivity index is 1.60. The average Bonchev–Trinajstić information content (AvgIpc) is 3.00. The van der Waals surface area contributed by atoms with Crippen molar-refractivity contribution >= 4 is 5.91 Å². The van der Waals surface area contributed by atoms with Crippen molar-refractivity contribution in [1.82, 2.24) is 24.6 Å². The normalized spacial score (nSPS) is 16.9. The van der Waals surface area contributed by atoms with Crippen molar-refractivity contribution in [1.29, 1.82) is 0 Å². The number of carbonyl (C=O) groups is 1. The van der Waals surface area contributed by atoms with Crippen molar-refractivity contribution in [2.45, 2.75) is 66.0 Å². The quantitative estimate of drug-likeness (QED) is 0.840. The van der Waals surface area contributed by atoms with Gasteiger partial charge in [0.15, 0.2) is 0 Å². The number of hydrogen-bond acceptors (Lipinski definition) is 3. The number of aromatic nitrogens is 4. The van der Waals surface area contributed by atoms with E-state index >= 15 is 0 Å². The Kier molecular flexibility index (Phi) is 4.71. The Hall–Kier alpha value is -2.11. The molecule has 1 aliphatic rings. The molecule has 136 valence electrons. The second-order valence-corrected chi connectivity index (χ2v) is 7.83. The van der Waals surface area contributed by atoms with Crippen molar-refractivity contribution < 1.29 is 4.79 Å². The number of imidazole rings is 1. The molecule has 2 heterocycles. The van der Waals surface area contributed by atoms with E-state index < -0.39 is 0 Å². The molecule has 0 aliphatic heterocycles. The summed E-state index contributed by atoms with van der Waals surface area (Å²) >= 11 is 0. The summed E-state index contributed by atoms with van der Waals surface area (Å²) in [5.74, 6) is 1.30. The third-order valence-electron chi connectivity index (χ3n) is 5.19. The van der Waals surface area contributed by atoms with E-state index in [1.54, 1.807) is 6.20 Å². The molecule has 0 spiro atoms. The highest BCUT2D eigenvalue weighted by molar-refractivity contribution is 5.80. The lowest BCUT2D eigenvalue weighted by molar-refractivity contribution is -0.124. The van der Waals surface area contributed by atoms with Crippen molar-refractivity contribution in [2.75, 3.05) is 6.54 Å². The highest BCUT2D eigenvalue weighted by Crippen LogP contribution is 2.46. The standard InChI is InChI=1S/C19H29N5O/c1-13(2)17-20-8-9-23(17)16(5)18(25)21-11-19(6-7-19)12-24-15(4)10-14(3)22-24/h8-10,13,16H,6-7,11-12H2,1-5H3,(H,21,25)/t16-/m0/s1. The van der Waals surface area contributed by atoms with E-state index in [0.717, 1.165) is 30.9 Å². The molecule has 1 saturated carbocycles. The van der Waals surface area contributed by atoms with Gasteiger partial charge >= 0.3 is 0 Å². The largest absolute Gasteiger partial charge is 0.354 e. The van der Waals surface area contributed by atoms with E-state index in [4.69, 9.17) is 0 Å². The van der Waals surface area contributed by atoms with Gasteiger partial charge in [-0.2, -0.15) is 5.10 Å². The minimum Gasteiger partial charge on any atom is -0.354 e. The SMILES string of the molecule is Cc1cc(C)n(CC2(CNC(=O)[C@H](C)n3ccnc3C(C)C)CC2)n1. The summed E-state index contributed by atoms with van der Waals surface area (Å²) in [6.45, 7) is 11.8. The molecule has 1 amide bonds. The van der Waals surface area contributed by atoms with Gasteiger partial charge in [-0.15, -0.1) is 0 Å². The van der Waals surface area contributed by atoms with Crippen LogP contribution in [0.5, 0.6) is 0 Å². The number of hydrogen-bond donors (Lipinski definition) is 1. The van der Waals surface area contributed by atoms with Crippen molar-refractivity contribution in [2.24, 2.45) is 5.41 Å². The van der Waals surface area contributed by atoms with Crippen molar-refractivity contribution in [3.8, 4) is 0 Å². The number of aryl methyl sites for hydroxylation is 2.